The van der Waals surface area contributed by atoms with Crippen molar-refractivity contribution in [3.8, 4) is 5.75 Å². The quantitative estimate of drug-likeness (QED) is 0.800. The number of benzene rings is 1. The van der Waals surface area contributed by atoms with Crippen LogP contribution in [-0.4, -0.2) is 13.1 Å². The molecule has 0 saturated carbocycles. The van der Waals surface area contributed by atoms with Gasteiger partial charge in [-0.2, -0.15) is 0 Å². The molecule has 18 heavy (non-hydrogen) atoms. The maximum atomic E-state index is 11.5. The average Bonchev–Trinajstić information content (AvgIpc) is 2.81. The zero-order chi connectivity index (χ0) is 13.0. The Labute approximate surface area is 117 Å². The van der Waals surface area contributed by atoms with Crippen LogP contribution in [0.3, 0.4) is 0 Å². The Hall–Kier alpha value is -1.33. The first-order chi connectivity index (χ1) is 8.70. The molecule has 3 nitrogen and oxygen atoms in total. The standard InChI is InChI=1S/C13H11BrO3S/c1-16-13(15)10-4-2-3-5-11(10)17-8-9-6-7-12(14)18-9/h2-7H,8H2,1H3. The predicted molar refractivity (Wildman–Crippen MR) is 74.1 cm³/mol. The molecule has 0 fully saturated rings. The smallest absolute Gasteiger partial charge is 0.341 e. The molecule has 0 spiro atoms. The molecule has 0 N–H and O–H groups in total. The molecule has 2 rings (SSSR count). The minimum Gasteiger partial charge on any atom is -0.487 e. The van der Waals surface area contributed by atoms with E-state index in [-0.39, 0.29) is 0 Å². The van der Waals surface area contributed by atoms with Gasteiger partial charge in [0, 0.05) is 4.88 Å². The highest BCUT2D eigenvalue weighted by Crippen LogP contribution is 2.25. The highest BCUT2D eigenvalue weighted by Gasteiger charge is 2.12. The van der Waals surface area contributed by atoms with E-state index in [0.29, 0.717) is 17.9 Å². The van der Waals surface area contributed by atoms with E-state index in [2.05, 4.69) is 15.9 Å². The Bertz CT molecular complexity index is 551. The van der Waals surface area contributed by atoms with E-state index < -0.39 is 5.97 Å². The fourth-order valence-corrected chi connectivity index (χ4v) is 2.85. The number of esters is 1. The van der Waals surface area contributed by atoms with Crippen LogP contribution in [0, 0.1) is 0 Å². The van der Waals surface area contributed by atoms with Crippen LogP contribution in [0.5, 0.6) is 5.75 Å². The zero-order valence-electron chi connectivity index (χ0n) is 9.68. The lowest BCUT2D eigenvalue weighted by atomic mass is 10.2. The van der Waals surface area contributed by atoms with Gasteiger partial charge in [0.25, 0.3) is 0 Å². The molecule has 0 atom stereocenters. The van der Waals surface area contributed by atoms with Crippen molar-refractivity contribution in [2.75, 3.05) is 7.11 Å². The van der Waals surface area contributed by atoms with Crippen LogP contribution in [0.1, 0.15) is 15.2 Å². The minimum absolute atomic E-state index is 0.391. The van der Waals surface area contributed by atoms with Gasteiger partial charge in [0.15, 0.2) is 0 Å². The Morgan fingerprint density at radius 2 is 2.06 bits per heavy atom. The SMILES string of the molecule is COC(=O)c1ccccc1OCc1ccc(Br)s1. The maximum Gasteiger partial charge on any atom is 0.341 e. The van der Waals surface area contributed by atoms with Gasteiger partial charge < -0.3 is 9.47 Å². The lowest BCUT2D eigenvalue weighted by Gasteiger charge is -2.08. The summed E-state index contributed by atoms with van der Waals surface area (Å²) in [4.78, 5) is 12.6. The summed E-state index contributed by atoms with van der Waals surface area (Å²) in [6, 6.07) is 11.0. The van der Waals surface area contributed by atoms with Gasteiger partial charge in [0.1, 0.15) is 17.9 Å². The third-order valence-electron chi connectivity index (χ3n) is 2.29. The van der Waals surface area contributed by atoms with E-state index in [0.717, 1.165) is 8.66 Å². The molecule has 1 aromatic carbocycles. The summed E-state index contributed by atoms with van der Waals surface area (Å²) in [6.45, 7) is 0.435. The average molecular weight is 327 g/mol. The first kappa shape index (κ1) is 13.1. The molecule has 0 aliphatic rings. The van der Waals surface area contributed by atoms with Gasteiger partial charge in [-0.3, -0.25) is 0 Å². The second-order valence-corrected chi connectivity index (χ2v) is 6.03. The molecule has 0 unspecified atom stereocenters. The number of methoxy groups -OCH3 is 1. The number of ether oxygens (including phenoxy) is 2. The Balaban J connectivity index is 2.11. The van der Waals surface area contributed by atoms with Crippen molar-refractivity contribution in [3.05, 3.63) is 50.6 Å². The van der Waals surface area contributed by atoms with Crippen LogP contribution in [0.4, 0.5) is 0 Å². The molecule has 94 valence electrons. The van der Waals surface area contributed by atoms with Gasteiger partial charge in [-0.15, -0.1) is 11.3 Å². The third-order valence-corrected chi connectivity index (χ3v) is 3.89. The van der Waals surface area contributed by atoms with Crippen LogP contribution >= 0.6 is 27.3 Å². The van der Waals surface area contributed by atoms with Gasteiger partial charge in [0.2, 0.25) is 0 Å². The maximum absolute atomic E-state index is 11.5. The molecule has 0 aliphatic heterocycles. The van der Waals surface area contributed by atoms with Gasteiger partial charge in [-0.1, -0.05) is 12.1 Å². The highest BCUT2D eigenvalue weighted by atomic mass is 79.9. The lowest BCUT2D eigenvalue weighted by Crippen LogP contribution is -2.05. The fraction of sp³-hybridized carbons (Fsp3) is 0.154. The molecule has 0 amide bonds. The van der Waals surface area contributed by atoms with Gasteiger partial charge in [-0.05, 0) is 40.2 Å². The largest absolute Gasteiger partial charge is 0.487 e. The van der Waals surface area contributed by atoms with Crippen LogP contribution in [0.25, 0.3) is 0 Å². The van der Waals surface area contributed by atoms with Crippen molar-refractivity contribution in [1.82, 2.24) is 0 Å². The van der Waals surface area contributed by atoms with Crippen molar-refractivity contribution in [2.45, 2.75) is 6.61 Å². The van der Waals surface area contributed by atoms with Crippen molar-refractivity contribution in [2.24, 2.45) is 0 Å². The number of para-hydroxylation sites is 1. The molecular weight excluding hydrogens is 316 g/mol. The van der Waals surface area contributed by atoms with Crippen LogP contribution in [-0.2, 0) is 11.3 Å². The molecule has 2 aromatic rings. The number of carbonyl (C=O) groups is 1. The summed E-state index contributed by atoms with van der Waals surface area (Å²) in [6.07, 6.45) is 0. The highest BCUT2D eigenvalue weighted by molar-refractivity contribution is 9.11. The summed E-state index contributed by atoms with van der Waals surface area (Å²) in [7, 11) is 1.36. The number of halogens is 1. The van der Waals surface area contributed by atoms with E-state index in [1.807, 2.05) is 18.2 Å². The molecule has 0 aliphatic carbocycles. The van der Waals surface area contributed by atoms with E-state index in [1.165, 1.54) is 7.11 Å². The molecule has 1 aromatic heterocycles. The second-order valence-electron chi connectivity index (χ2n) is 3.48. The second kappa shape index (κ2) is 6.02. The lowest BCUT2D eigenvalue weighted by molar-refractivity contribution is 0.0595. The topological polar surface area (TPSA) is 35.5 Å². The summed E-state index contributed by atoms with van der Waals surface area (Å²) < 4.78 is 11.4. The zero-order valence-corrected chi connectivity index (χ0v) is 12.1. The van der Waals surface area contributed by atoms with Crippen molar-refractivity contribution >= 4 is 33.2 Å². The van der Waals surface area contributed by atoms with E-state index in [9.17, 15) is 4.79 Å². The Morgan fingerprint density at radius 3 is 2.72 bits per heavy atom. The predicted octanol–water partition coefficient (Wildman–Crippen LogP) is 3.88. The van der Waals surface area contributed by atoms with Crippen LogP contribution < -0.4 is 4.74 Å². The van der Waals surface area contributed by atoms with Crippen molar-refractivity contribution < 1.29 is 14.3 Å². The van der Waals surface area contributed by atoms with Crippen molar-refractivity contribution in [3.63, 3.8) is 0 Å². The first-order valence-corrected chi connectivity index (χ1v) is 6.86. The molecule has 0 bridgehead atoms. The Kier molecular flexibility index (Phi) is 4.38. The molecule has 0 radical (unpaired) electrons. The minimum atomic E-state index is -0.391. The number of hydrogen-bond donors (Lipinski definition) is 0. The number of rotatable bonds is 4. The van der Waals surface area contributed by atoms with Gasteiger partial charge >= 0.3 is 5.97 Å². The molecule has 1 heterocycles. The van der Waals surface area contributed by atoms with E-state index in [1.54, 1.807) is 29.5 Å². The number of thiophene rings is 1. The third kappa shape index (κ3) is 3.11. The number of hydrogen-bond acceptors (Lipinski definition) is 4. The monoisotopic (exact) mass is 326 g/mol. The van der Waals surface area contributed by atoms with Gasteiger partial charge in [-0.25, -0.2) is 4.79 Å². The summed E-state index contributed by atoms with van der Waals surface area (Å²) in [5, 5.41) is 0. The van der Waals surface area contributed by atoms with E-state index >= 15 is 0 Å². The summed E-state index contributed by atoms with van der Waals surface area (Å²) >= 11 is 5.00. The summed E-state index contributed by atoms with van der Waals surface area (Å²) in [5.74, 6) is 0.145. The van der Waals surface area contributed by atoms with Crippen LogP contribution in [0.15, 0.2) is 40.2 Å². The molecule has 0 saturated heterocycles. The number of carbonyl (C=O) groups excluding carboxylic acids is 1. The van der Waals surface area contributed by atoms with E-state index in [4.69, 9.17) is 9.47 Å². The summed E-state index contributed by atoms with van der Waals surface area (Å²) in [5.41, 5.74) is 0.440. The molecule has 5 heteroatoms. The first-order valence-electron chi connectivity index (χ1n) is 5.25. The molecular formula is C13H11BrO3S. The van der Waals surface area contributed by atoms with Crippen LogP contribution in [0.2, 0.25) is 0 Å². The fourth-order valence-electron chi connectivity index (χ4n) is 1.45. The van der Waals surface area contributed by atoms with Gasteiger partial charge in [0.05, 0.1) is 10.9 Å². The Morgan fingerprint density at radius 1 is 1.28 bits per heavy atom. The normalized spacial score (nSPS) is 10.1. The van der Waals surface area contributed by atoms with Crippen molar-refractivity contribution in [1.29, 1.82) is 0 Å².